The number of rotatable bonds is 4. The van der Waals surface area contributed by atoms with Gasteiger partial charge in [-0.2, -0.15) is 0 Å². The molecule has 2 bridgehead atoms. The van der Waals surface area contributed by atoms with Crippen LogP contribution in [0.25, 0.3) is 11.4 Å². The minimum atomic E-state index is 0.0387. The smallest absolute Gasteiger partial charge is 0.261 e. The van der Waals surface area contributed by atoms with Crippen LogP contribution in [0.5, 0.6) is 5.75 Å². The highest BCUT2D eigenvalue weighted by Gasteiger charge is 2.43. The van der Waals surface area contributed by atoms with Crippen LogP contribution < -0.4 is 4.74 Å². The van der Waals surface area contributed by atoms with Crippen molar-refractivity contribution in [3.05, 3.63) is 77.6 Å². The molecule has 5 rings (SSSR count). The highest BCUT2D eigenvalue weighted by molar-refractivity contribution is 5.79. The molecule has 146 valence electrons. The molecule has 2 atom stereocenters. The van der Waals surface area contributed by atoms with Gasteiger partial charge in [0.1, 0.15) is 5.75 Å². The van der Waals surface area contributed by atoms with Gasteiger partial charge < -0.3 is 9.64 Å². The van der Waals surface area contributed by atoms with Crippen molar-refractivity contribution in [3.8, 4) is 17.1 Å². The Labute approximate surface area is 170 Å². The molecular weight excluding hydrogens is 362 g/mol. The Hall–Kier alpha value is -3.21. The van der Waals surface area contributed by atoms with E-state index >= 15 is 0 Å². The van der Waals surface area contributed by atoms with Crippen LogP contribution in [0, 0.1) is 6.92 Å². The Morgan fingerprint density at radius 3 is 2.83 bits per heavy atom. The first kappa shape index (κ1) is 17.9. The van der Waals surface area contributed by atoms with Gasteiger partial charge in [0.2, 0.25) is 0 Å². The molecule has 29 heavy (non-hydrogen) atoms. The SMILES string of the molecule is Cc1cccc(OCC(=O)N2[C@H]3CC[C@@H]2c2cnc(-c4ccccc4)nc2C3)c1. The van der Waals surface area contributed by atoms with Gasteiger partial charge in [0.05, 0.1) is 11.7 Å². The molecule has 5 heteroatoms. The van der Waals surface area contributed by atoms with Gasteiger partial charge in [0.15, 0.2) is 12.4 Å². The second kappa shape index (κ2) is 7.32. The summed E-state index contributed by atoms with van der Waals surface area (Å²) < 4.78 is 5.77. The third-order valence-electron chi connectivity index (χ3n) is 5.86. The number of benzene rings is 2. The fourth-order valence-electron chi connectivity index (χ4n) is 4.51. The Morgan fingerprint density at radius 2 is 2.00 bits per heavy atom. The molecule has 0 radical (unpaired) electrons. The van der Waals surface area contributed by atoms with Gasteiger partial charge in [0.25, 0.3) is 5.91 Å². The van der Waals surface area contributed by atoms with Crippen molar-refractivity contribution < 1.29 is 9.53 Å². The van der Waals surface area contributed by atoms with Gasteiger partial charge in [-0.3, -0.25) is 4.79 Å². The number of fused-ring (bicyclic) bond motifs is 4. The van der Waals surface area contributed by atoms with E-state index in [1.165, 1.54) is 0 Å². The summed E-state index contributed by atoms with van der Waals surface area (Å²) in [6.07, 6.45) is 4.66. The zero-order valence-corrected chi connectivity index (χ0v) is 16.4. The van der Waals surface area contributed by atoms with Crippen LogP contribution in [0.1, 0.15) is 35.7 Å². The Kier molecular flexibility index (Phi) is 4.51. The molecule has 3 aromatic rings. The summed E-state index contributed by atoms with van der Waals surface area (Å²) >= 11 is 0. The van der Waals surface area contributed by atoms with Crippen molar-refractivity contribution in [2.45, 2.75) is 38.3 Å². The molecule has 3 heterocycles. The van der Waals surface area contributed by atoms with E-state index in [9.17, 15) is 4.79 Å². The molecule has 1 saturated heterocycles. The first-order valence-corrected chi connectivity index (χ1v) is 10.1. The van der Waals surface area contributed by atoms with Gasteiger partial charge in [-0.15, -0.1) is 0 Å². The molecule has 5 nitrogen and oxygen atoms in total. The van der Waals surface area contributed by atoms with E-state index in [1.807, 2.05) is 72.6 Å². The molecule has 0 saturated carbocycles. The average molecular weight is 385 g/mol. The minimum Gasteiger partial charge on any atom is -0.484 e. The lowest BCUT2D eigenvalue weighted by Crippen LogP contribution is -2.44. The minimum absolute atomic E-state index is 0.0387. The lowest BCUT2D eigenvalue weighted by atomic mass is 9.99. The fourth-order valence-corrected chi connectivity index (χ4v) is 4.51. The van der Waals surface area contributed by atoms with Crippen molar-refractivity contribution in [2.24, 2.45) is 0 Å². The average Bonchev–Trinajstić information content (AvgIpc) is 3.07. The second-order valence-electron chi connectivity index (χ2n) is 7.82. The van der Waals surface area contributed by atoms with Gasteiger partial charge in [-0.25, -0.2) is 9.97 Å². The Balaban J connectivity index is 1.35. The summed E-state index contributed by atoms with van der Waals surface area (Å²) in [5.41, 5.74) is 4.30. The van der Waals surface area contributed by atoms with Crippen molar-refractivity contribution in [1.82, 2.24) is 14.9 Å². The molecule has 0 spiro atoms. The van der Waals surface area contributed by atoms with Crippen LogP contribution >= 0.6 is 0 Å². The third-order valence-corrected chi connectivity index (χ3v) is 5.86. The van der Waals surface area contributed by atoms with Crippen LogP contribution in [0.4, 0.5) is 0 Å². The summed E-state index contributed by atoms with van der Waals surface area (Å²) in [6.45, 7) is 2.08. The fraction of sp³-hybridized carbons (Fsp3) is 0.292. The van der Waals surface area contributed by atoms with E-state index < -0.39 is 0 Å². The van der Waals surface area contributed by atoms with E-state index in [0.29, 0.717) is 0 Å². The highest BCUT2D eigenvalue weighted by atomic mass is 16.5. The van der Waals surface area contributed by atoms with Crippen LogP contribution in [0.3, 0.4) is 0 Å². The second-order valence-corrected chi connectivity index (χ2v) is 7.82. The normalized spacial score (nSPS) is 19.7. The van der Waals surface area contributed by atoms with Gasteiger partial charge >= 0.3 is 0 Å². The monoisotopic (exact) mass is 385 g/mol. The lowest BCUT2D eigenvalue weighted by Gasteiger charge is -2.35. The van der Waals surface area contributed by atoms with Crippen LogP contribution in [-0.2, 0) is 11.2 Å². The molecule has 1 fully saturated rings. The Morgan fingerprint density at radius 1 is 1.14 bits per heavy atom. The van der Waals surface area contributed by atoms with E-state index in [-0.39, 0.29) is 24.6 Å². The van der Waals surface area contributed by atoms with Gasteiger partial charge in [0, 0.05) is 29.8 Å². The maximum atomic E-state index is 13.0. The van der Waals surface area contributed by atoms with Crippen molar-refractivity contribution in [3.63, 3.8) is 0 Å². The predicted molar refractivity (Wildman–Crippen MR) is 110 cm³/mol. The first-order chi connectivity index (χ1) is 14.2. The number of hydrogen-bond donors (Lipinski definition) is 0. The maximum absolute atomic E-state index is 13.0. The lowest BCUT2D eigenvalue weighted by molar-refractivity contribution is -0.137. The maximum Gasteiger partial charge on any atom is 0.261 e. The molecule has 1 amide bonds. The zero-order chi connectivity index (χ0) is 19.8. The van der Waals surface area contributed by atoms with Crippen molar-refractivity contribution in [2.75, 3.05) is 6.61 Å². The summed E-state index contributed by atoms with van der Waals surface area (Å²) in [4.78, 5) is 24.4. The molecule has 0 unspecified atom stereocenters. The quantitative estimate of drug-likeness (QED) is 0.678. The van der Waals surface area contributed by atoms with Crippen LogP contribution in [-0.4, -0.2) is 33.4 Å². The molecule has 2 aliphatic rings. The molecular formula is C24H23N3O2. The Bertz CT molecular complexity index is 1050. The molecule has 0 aliphatic carbocycles. The summed E-state index contributed by atoms with van der Waals surface area (Å²) in [5, 5.41) is 0. The predicted octanol–water partition coefficient (Wildman–Crippen LogP) is 4.12. The van der Waals surface area contributed by atoms with Crippen LogP contribution in [0.15, 0.2) is 60.8 Å². The number of ether oxygens (including phenoxy) is 1. The highest BCUT2D eigenvalue weighted by Crippen LogP contribution is 2.43. The molecule has 2 aliphatic heterocycles. The van der Waals surface area contributed by atoms with Gasteiger partial charge in [-0.05, 0) is 37.5 Å². The van der Waals surface area contributed by atoms with E-state index in [1.54, 1.807) is 0 Å². The number of aryl methyl sites for hydroxylation is 1. The zero-order valence-electron chi connectivity index (χ0n) is 16.4. The van der Waals surface area contributed by atoms with Crippen molar-refractivity contribution in [1.29, 1.82) is 0 Å². The van der Waals surface area contributed by atoms with E-state index in [0.717, 1.165) is 53.2 Å². The van der Waals surface area contributed by atoms with Crippen LogP contribution in [0.2, 0.25) is 0 Å². The molecule has 1 aromatic heterocycles. The molecule has 0 N–H and O–H groups in total. The summed E-state index contributed by atoms with van der Waals surface area (Å²) in [5.74, 6) is 1.53. The number of hydrogen-bond acceptors (Lipinski definition) is 4. The van der Waals surface area contributed by atoms with Gasteiger partial charge in [-0.1, -0.05) is 42.5 Å². The number of carbonyl (C=O) groups excluding carboxylic acids is 1. The number of amides is 1. The summed E-state index contributed by atoms with van der Waals surface area (Å²) in [7, 11) is 0. The molecule has 2 aromatic carbocycles. The first-order valence-electron chi connectivity index (χ1n) is 10.1. The van der Waals surface area contributed by atoms with E-state index in [4.69, 9.17) is 9.72 Å². The third kappa shape index (κ3) is 3.37. The van der Waals surface area contributed by atoms with E-state index in [2.05, 4.69) is 4.98 Å². The largest absolute Gasteiger partial charge is 0.484 e. The topological polar surface area (TPSA) is 55.3 Å². The summed E-state index contributed by atoms with van der Waals surface area (Å²) in [6, 6.07) is 18.1. The number of carbonyl (C=O) groups is 1. The standard InChI is InChI=1S/C24H23N3O2/c1-16-6-5-9-19(12-16)29-15-23(28)27-18-10-11-22(27)20-14-25-24(26-21(20)13-18)17-7-3-2-4-8-17/h2-9,12,14,18,22H,10-11,13,15H2,1H3/t18-,22+/m0/s1. The number of aromatic nitrogens is 2. The number of nitrogens with zero attached hydrogens (tertiary/aromatic N) is 3. The van der Waals surface area contributed by atoms with Crippen molar-refractivity contribution >= 4 is 5.91 Å².